The summed E-state index contributed by atoms with van der Waals surface area (Å²) < 4.78 is 6.13. The average Bonchev–Trinajstić information content (AvgIpc) is 3.66. The lowest BCUT2D eigenvalue weighted by atomic mass is 9.84. The van der Waals surface area contributed by atoms with Crippen LogP contribution in [0.5, 0.6) is 5.75 Å². The third kappa shape index (κ3) is 5.68. The zero-order chi connectivity index (χ0) is 36.5. The van der Waals surface area contributed by atoms with Gasteiger partial charge in [0.05, 0.1) is 33.8 Å². The monoisotopic (exact) mass is 720 g/mol. The molecular weight excluding hydrogens is 684 g/mol. The average molecular weight is 721 g/mol. The van der Waals surface area contributed by atoms with Crippen molar-refractivity contribution in [3.8, 4) is 11.8 Å². The van der Waals surface area contributed by atoms with E-state index in [4.69, 9.17) is 21.6 Å². The molecule has 5 amide bonds. The number of benzene rings is 3. The number of nitriles is 1. The van der Waals surface area contributed by atoms with Gasteiger partial charge in [-0.3, -0.25) is 39.1 Å². The van der Waals surface area contributed by atoms with Crippen molar-refractivity contribution in [3.63, 3.8) is 0 Å². The van der Waals surface area contributed by atoms with E-state index in [0.29, 0.717) is 58.7 Å². The molecule has 0 radical (unpaired) electrons. The maximum atomic E-state index is 13.5. The number of ether oxygens (including phenoxy) is 1. The number of anilines is 1. The lowest BCUT2D eigenvalue weighted by Crippen LogP contribution is -2.71. The van der Waals surface area contributed by atoms with Crippen LogP contribution in [0.3, 0.4) is 0 Å². The molecule has 0 spiro atoms. The summed E-state index contributed by atoms with van der Waals surface area (Å²) in [6, 6.07) is 17.8. The van der Waals surface area contributed by atoms with Crippen molar-refractivity contribution in [1.29, 1.82) is 5.26 Å². The van der Waals surface area contributed by atoms with Crippen LogP contribution in [0.4, 0.5) is 5.69 Å². The van der Waals surface area contributed by atoms with Gasteiger partial charge in [-0.15, -0.1) is 0 Å². The van der Waals surface area contributed by atoms with Crippen molar-refractivity contribution in [3.05, 3.63) is 93.0 Å². The predicted molar refractivity (Wildman–Crippen MR) is 190 cm³/mol. The Hall–Kier alpha value is -5.25. The summed E-state index contributed by atoms with van der Waals surface area (Å²) in [5.41, 5.74) is 4.23. The van der Waals surface area contributed by atoms with Gasteiger partial charge in [0.25, 0.3) is 17.7 Å². The molecule has 3 aromatic rings. The van der Waals surface area contributed by atoms with Gasteiger partial charge in [-0.2, -0.15) is 5.26 Å². The molecule has 5 aliphatic heterocycles. The van der Waals surface area contributed by atoms with Crippen molar-refractivity contribution in [2.24, 2.45) is 0 Å². The first-order valence-corrected chi connectivity index (χ1v) is 18.0. The fourth-order valence-electron chi connectivity index (χ4n) is 8.15. The fourth-order valence-corrected chi connectivity index (χ4v) is 8.36. The highest BCUT2D eigenvalue weighted by molar-refractivity contribution is 6.31. The molecule has 8 rings (SSSR count). The summed E-state index contributed by atoms with van der Waals surface area (Å²) in [5, 5.41) is 11.7. The largest absolute Gasteiger partial charge is 0.486 e. The van der Waals surface area contributed by atoms with E-state index in [9.17, 15) is 24.0 Å². The SMILES string of the molecule is CC1(C)[C@@H](Oc2ccc(C#N)c(Cl)c2)CN1C(=O)c1ccc(N2CCC(N3Cc4cc5c(cc4C3)C(=O)N(C3CCC(=O)NC3=O)C5=O)CC2)cc1. The molecule has 3 fully saturated rings. The van der Waals surface area contributed by atoms with Gasteiger partial charge >= 0.3 is 0 Å². The van der Waals surface area contributed by atoms with Crippen LogP contribution in [0.25, 0.3) is 0 Å². The van der Waals surface area contributed by atoms with Gasteiger partial charge in [0.15, 0.2) is 0 Å². The maximum absolute atomic E-state index is 13.5. The quantitative estimate of drug-likeness (QED) is 0.369. The number of nitrogens with one attached hydrogen (secondary N) is 1. The maximum Gasteiger partial charge on any atom is 0.262 e. The van der Waals surface area contributed by atoms with Crippen LogP contribution in [0.2, 0.25) is 5.02 Å². The summed E-state index contributed by atoms with van der Waals surface area (Å²) in [5.74, 6) is -1.45. The molecule has 1 N–H and O–H groups in total. The number of fused-ring (bicyclic) bond motifs is 2. The zero-order valence-electron chi connectivity index (χ0n) is 28.9. The first kappa shape index (κ1) is 33.9. The van der Waals surface area contributed by atoms with Crippen molar-refractivity contribution in [1.82, 2.24) is 20.0 Å². The zero-order valence-corrected chi connectivity index (χ0v) is 29.6. The molecule has 266 valence electrons. The molecule has 0 bridgehead atoms. The van der Waals surface area contributed by atoms with E-state index in [1.165, 1.54) is 0 Å². The Kier molecular flexibility index (Phi) is 8.31. The third-order valence-electron chi connectivity index (χ3n) is 11.4. The smallest absolute Gasteiger partial charge is 0.262 e. The number of nitrogens with zero attached hydrogens (tertiary/aromatic N) is 5. The Bertz CT molecular complexity index is 2040. The van der Waals surface area contributed by atoms with Gasteiger partial charge in [-0.05, 0) is 92.8 Å². The van der Waals surface area contributed by atoms with Crippen molar-refractivity contribution < 1.29 is 28.7 Å². The van der Waals surface area contributed by atoms with E-state index < -0.39 is 35.2 Å². The van der Waals surface area contributed by atoms with Gasteiger partial charge < -0.3 is 14.5 Å². The number of imide groups is 2. The minimum atomic E-state index is -0.971. The number of carbonyl (C=O) groups excluding carboxylic acids is 5. The highest BCUT2D eigenvalue weighted by Gasteiger charge is 2.51. The Morgan fingerprint density at radius 1 is 0.923 bits per heavy atom. The number of rotatable bonds is 6. The normalized spacial score (nSPS) is 22.8. The van der Waals surface area contributed by atoms with Crippen molar-refractivity contribution >= 4 is 46.8 Å². The van der Waals surface area contributed by atoms with Gasteiger partial charge in [0, 0.05) is 56.0 Å². The predicted octanol–water partition coefficient (Wildman–Crippen LogP) is 4.28. The second-order valence-electron chi connectivity index (χ2n) is 14.7. The van der Waals surface area contributed by atoms with E-state index in [1.807, 2.05) is 61.2 Å². The molecule has 3 saturated heterocycles. The molecule has 5 aliphatic rings. The number of hydrogen-bond donors (Lipinski definition) is 1. The summed E-state index contributed by atoms with van der Waals surface area (Å²) >= 11 is 6.17. The van der Waals surface area contributed by atoms with E-state index >= 15 is 0 Å². The fraction of sp³-hybridized carbons (Fsp3) is 0.385. The lowest BCUT2D eigenvalue weighted by molar-refractivity contribution is -0.136. The molecule has 0 aliphatic carbocycles. The number of hydrogen-bond acceptors (Lipinski definition) is 9. The molecule has 1 unspecified atom stereocenters. The second-order valence-corrected chi connectivity index (χ2v) is 15.1. The first-order valence-electron chi connectivity index (χ1n) is 17.6. The second kappa shape index (κ2) is 12.8. The van der Waals surface area contributed by atoms with Crippen LogP contribution in [-0.4, -0.2) is 87.6 Å². The van der Waals surface area contributed by atoms with Crippen LogP contribution >= 0.6 is 11.6 Å². The highest BCUT2D eigenvalue weighted by atomic mass is 35.5. The van der Waals surface area contributed by atoms with E-state index in [0.717, 1.165) is 47.6 Å². The first-order chi connectivity index (χ1) is 24.9. The van der Waals surface area contributed by atoms with Crippen molar-refractivity contribution in [2.45, 2.75) is 76.3 Å². The number of piperidine rings is 2. The Morgan fingerprint density at radius 3 is 2.15 bits per heavy atom. The molecule has 5 heterocycles. The topological polar surface area (TPSA) is 143 Å². The van der Waals surface area contributed by atoms with Gasteiger partial charge in [-0.1, -0.05) is 11.6 Å². The van der Waals surface area contributed by atoms with Crippen LogP contribution in [0.15, 0.2) is 54.6 Å². The van der Waals surface area contributed by atoms with Crippen LogP contribution < -0.4 is 15.0 Å². The van der Waals surface area contributed by atoms with Crippen LogP contribution in [0.1, 0.15) is 87.3 Å². The van der Waals surface area contributed by atoms with E-state index in [1.54, 1.807) is 18.2 Å². The van der Waals surface area contributed by atoms with Crippen molar-refractivity contribution in [2.75, 3.05) is 24.5 Å². The molecule has 13 heteroatoms. The Balaban J connectivity index is 0.848. The summed E-state index contributed by atoms with van der Waals surface area (Å²) in [6.45, 7) is 7.48. The molecule has 52 heavy (non-hydrogen) atoms. The summed E-state index contributed by atoms with van der Waals surface area (Å²) in [7, 11) is 0. The molecule has 0 saturated carbocycles. The molecular formula is C39H37ClN6O6. The minimum absolute atomic E-state index is 0.0559. The Morgan fingerprint density at radius 2 is 1.58 bits per heavy atom. The molecule has 2 atom stereocenters. The molecule has 0 aromatic heterocycles. The lowest BCUT2D eigenvalue weighted by Gasteiger charge is -2.54. The van der Waals surface area contributed by atoms with Gasteiger partial charge in [-0.25, -0.2) is 0 Å². The van der Waals surface area contributed by atoms with E-state index in [2.05, 4.69) is 15.1 Å². The number of likely N-dealkylation sites (tertiary alicyclic amines) is 1. The molecule has 12 nitrogen and oxygen atoms in total. The van der Waals surface area contributed by atoms with Gasteiger partial charge in [0.1, 0.15) is 24.0 Å². The van der Waals surface area contributed by atoms with Crippen LogP contribution in [-0.2, 0) is 22.7 Å². The Labute approximate surface area is 305 Å². The van der Waals surface area contributed by atoms with Gasteiger partial charge in [0.2, 0.25) is 11.8 Å². The molecule has 3 aromatic carbocycles. The summed E-state index contributed by atoms with van der Waals surface area (Å²) in [6.07, 6.45) is 1.91. The standard InChI is InChI=1S/C39H37ClN6O6/c1-39(2)33(52-28-8-5-23(18-41)31(40)17-28)21-45(39)36(49)22-3-6-26(7-4-22)43-13-11-27(12-14-43)44-19-24-15-29-30(16-25(24)20-44)38(51)46(37(29)50)32-9-10-34(47)42-35(32)48/h3-8,15-17,27,32-33H,9-14,19-21H2,1-2H3,(H,42,47,48)/t32?,33-/m0/s1. The highest BCUT2D eigenvalue weighted by Crippen LogP contribution is 2.38. The number of carbonyl (C=O) groups is 5. The number of halogens is 1. The van der Waals surface area contributed by atoms with E-state index in [-0.39, 0.29) is 24.9 Å². The summed E-state index contributed by atoms with van der Waals surface area (Å²) in [4.78, 5) is 71.7. The van der Waals surface area contributed by atoms with Crippen LogP contribution in [0, 0.1) is 11.3 Å². The number of amides is 5. The third-order valence-corrected chi connectivity index (χ3v) is 11.7. The minimum Gasteiger partial charge on any atom is -0.486 e.